The predicted octanol–water partition coefficient (Wildman–Crippen LogP) is 7.40. The zero-order chi connectivity index (χ0) is 17.4. The maximum absolute atomic E-state index is 13.7. The van der Waals surface area contributed by atoms with E-state index >= 15 is 0 Å². The summed E-state index contributed by atoms with van der Waals surface area (Å²) in [4.78, 5) is 0. The van der Waals surface area contributed by atoms with Gasteiger partial charge in [-0.25, -0.2) is 0 Å². The lowest BCUT2D eigenvalue weighted by molar-refractivity contribution is -0.498. The van der Waals surface area contributed by atoms with E-state index in [1.54, 1.807) is 0 Å². The Labute approximate surface area is 153 Å². The molecule has 0 aliphatic carbocycles. The maximum Gasteiger partial charge on any atom is -0.0511 e. The van der Waals surface area contributed by atoms with E-state index < -0.39 is 5.60 Å². The molecule has 24 heavy (non-hydrogen) atoms. The van der Waals surface area contributed by atoms with Crippen molar-refractivity contribution < 1.29 is 5.11 Å². The molecule has 0 saturated carbocycles. The third kappa shape index (κ3) is 12.3. The zero-order valence-corrected chi connectivity index (χ0v) is 17.8. The molecule has 0 fully saturated rings. The van der Waals surface area contributed by atoms with E-state index in [2.05, 4.69) is 27.7 Å². The van der Waals surface area contributed by atoms with Gasteiger partial charge in [-0.3, -0.25) is 0 Å². The summed E-state index contributed by atoms with van der Waals surface area (Å²) in [5.41, 5.74) is -0.633. The van der Waals surface area contributed by atoms with Crippen molar-refractivity contribution in [3.05, 3.63) is 0 Å². The van der Waals surface area contributed by atoms with Gasteiger partial charge in [-0.05, 0) is 0 Å². The van der Waals surface area contributed by atoms with E-state index in [9.17, 15) is 5.11 Å². The van der Waals surface area contributed by atoms with Crippen LogP contribution in [0.15, 0.2) is 0 Å². The monoisotopic (exact) mass is 343 g/mol. The molecule has 0 atom stereocenters. The van der Waals surface area contributed by atoms with Crippen LogP contribution >= 0.6 is 0 Å². The highest BCUT2D eigenvalue weighted by Crippen LogP contribution is 2.34. The standard InChI is InChI=1S/C22H45O.H3N/c1-5-9-13-17-21(18-14-10-6-2)22(23,19-15-11-7-3)20-16-12-8-4;/h21H,5-20H2,1-4H3;1H3/q-1;/p+1. The molecule has 2 nitrogen and oxygen atoms in total. The molecule has 0 heterocycles. The van der Waals surface area contributed by atoms with Crippen molar-refractivity contribution in [3.8, 4) is 0 Å². The molecule has 0 aliphatic heterocycles. The van der Waals surface area contributed by atoms with Gasteiger partial charge in [0.05, 0.1) is 0 Å². The second-order valence-electron chi connectivity index (χ2n) is 7.67. The van der Waals surface area contributed by atoms with Gasteiger partial charge in [0.15, 0.2) is 0 Å². The minimum Gasteiger partial charge on any atom is -0.849 e. The van der Waals surface area contributed by atoms with Gasteiger partial charge in [0, 0.05) is 0 Å². The van der Waals surface area contributed by atoms with Gasteiger partial charge in [-0.15, -0.1) is 5.60 Å². The summed E-state index contributed by atoms with van der Waals surface area (Å²) in [5, 5.41) is 13.7. The number of quaternary nitrogens is 1. The van der Waals surface area contributed by atoms with Crippen LogP contribution in [0.25, 0.3) is 0 Å². The van der Waals surface area contributed by atoms with Gasteiger partial charge >= 0.3 is 0 Å². The van der Waals surface area contributed by atoms with Crippen LogP contribution in [0.3, 0.4) is 0 Å². The predicted molar refractivity (Wildman–Crippen MR) is 109 cm³/mol. The molecule has 0 aromatic carbocycles. The molecule has 0 spiro atoms. The first-order valence-electron chi connectivity index (χ1n) is 10.8. The summed E-state index contributed by atoms with van der Waals surface area (Å²) in [6, 6.07) is 0. The van der Waals surface area contributed by atoms with Gasteiger partial charge in [-0.1, -0.05) is 136 Å². The normalized spacial score (nSPS) is 11.8. The third-order valence-electron chi connectivity index (χ3n) is 5.46. The molecule has 0 rings (SSSR count). The minimum atomic E-state index is -0.633. The van der Waals surface area contributed by atoms with Gasteiger partial charge < -0.3 is 11.3 Å². The van der Waals surface area contributed by atoms with Crippen LogP contribution in [0.1, 0.15) is 130 Å². The molecule has 0 amide bonds. The lowest BCUT2D eigenvalue weighted by Gasteiger charge is -2.49. The fourth-order valence-electron chi connectivity index (χ4n) is 3.83. The summed E-state index contributed by atoms with van der Waals surface area (Å²) in [6.45, 7) is 9.01. The molecule has 0 aromatic heterocycles. The molecule has 0 bridgehead atoms. The third-order valence-corrected chi connectivity index (χ3v) is 5.46. The summed E-state index contributed by atoms with van der Waals surface area (Å²) in [5.74, 6) is 0.425. The van der Waals surface area contributed by atoms with E-state index in [0.717, 1.165) is 25.7 Å². The van der Waals surface area contributed by atoms with Gasteiger partial charge in [0.2, 0.25) is 0 Å². The van der Waals surface area contributed by atoms with Gasteiger partial charge in [0.1, 0.15) is 0 Å². The Morgan fingerprint density at radius 1 is 0.583 bits per heavy atom. The van der Waals surface area contributed by atoms with E-state index in [1.165, 1.54) is 77.0 Å². The molecule has 2 heteroatoms. The molecule has 0 aromatic rings. The van der Waals surface area contributed by atoms with Crippen LogP contribution in [0.5, 0.6) is 0 Å². The summed E-state index contributed by atoms with van der Waals surface area (Å²) < 4.78 is 0. The largest absolute Gasteiger partial charge is 0.849 e. The first-order chi connectivity index (χ1) is 11.1. The number of unbranched alkanes of at least 4 members (excludes halogenated alkanes) is 8. The van der Waals surface area contributed by atoms with Gasteiger partial charge in [-0.2, -0.15) is 0 Å². The molecule has 148 valence electrons. The fourth-order valence-corrected chi connectivity index (χ4v) is 3.83. The Hall–Kier alpha value is -0.0800. The van der Waals surface area contributed by atoms with Crippen LogP contribution in [0.4, 0.5) is 0 Å². The highest BCUT2D eigenvalue weighted by atomic mass is 16.3. The lowest BCUT2D eigenvalue weighted by Crippen LogP contribution is -2.50. The highest BCUT2D eigenvalue weighted by Gasteiger charge is 2.26. The maximum atomic E-state index is 13.7. The topological polar surface area (TPSA) is 59.6 Å². The fraction of sp³-hybridized carbons (Fsp3) is 1.00. The quantitative estimate of drug-likeness (QED) is 0.275. The summed E-state index contributed by atoms with van der Waals surface area (Å²) in [7, 11) is 0. The Kier molecular flexibility index (Phi) is 19.3. The SMILES string of the molecule is CCCCCC(CCCCC)C([O-])(CCCCC)CCCCC.[NH4+]. The highest BCUT2D eigenvalue weighted by molar-refractivity contribution is 4.85. The van der Waals surface area contributed by atoms with Crippen molar-refractivity contribution >= 4 is 0 Å². The molecule has 0 aliphatic rings. The number of hydrogen-bond donors (Lipinski definition) is 1. The van der Waals surface area contributed by atoms with Crippen molar-refractivity contribution in [2.45, 2.75) is 136 Å². The number of hydrogen-bond acceptors (Lipinski definition) is 1. The van der Waals surface area contributed by atoms with E-state index in [0.29, 0.717) is 5.92 Å². The molecular formula is C22H49NO. The second kappa shape index (κ2) is 17.7. The van der Waals surface area contributed by atoms with Crippen molar-refractivity contribution in [1.82, 2.24) is 6.15 Å². The average Bonchev–Trinajstić information content (AvgIpc) is 2.54. The lowest BCUT2D eigenvalue weighted by atomic mass is 9.74. The Balaban J connectivity index is 0. The first-order valence-corrected chi connectivity index (χ1v) is 10.8. The molecular weight excluding hydrogens is 294 g/mol. The van der Waals surface area contributed by atoms with E-state index in [4.69, 9.17) is 0 Å². The van der Waals surface area contributed by atoms with Crippen molar-refractivity contribution in [2.24, 2.45) is 5.92 Å². The van der Waals surface area contributed by atoms with Crippen LogP contribution in [-0.4, -0.2) is 5.60 Å². The van der Waals surface area contributed by atoms with Gasteiger partial charge in [0.25, 0.3) is 0 Å². The van der Waals surface area contributed by atoms with Crippen molar-refractivity contribution in [3.63, 3.8) is 0 Å². The van der Waals surface area contributed by atoms with Crippen molar-refractivity contribution in [2.75, 3.05) is 0 Å². The smallest absolute Gasteiger partial charge is 0.0511 e. The minimum absolute atomic E-state index is 0. The van der Waals surface area contributed by atoms with E-state index in [1.807, 2.05) is 0 Å². The Bertz CT molecular complexity index is 222. The molecule has 0 unspecified atom stereocenters. The summed E-state index contributed by atoms with van der Waals surface area (Å²) >= 11 is 0. The molecule has 0 radical (unpaired) electrons. The van der Waals surface area contributed by atoms with E-state index in [-0.39, 0.29) is 6.15 Å². The van der Waals surface area contributed by atoms with Crippen LogP contribution < -0.4 is 11.3 Å². The molecule has 4 N–H and O–H groups in total. The first kappa shape index (κ1) is 26.2. The van der Waals surface area contributed by atoms with Crippen molar-refractivity contribution in [1.29, 1.82) is 0 Å². The van der Waals surface area contributed by atoms with Crippen LogP contribution in [0, 0.1) is 5.92 Å². The second-order valence-corrected chi connectivity index (χ2v) is 7.67. The number of rotatable bonds is 17. The average molecular weight is 344 g/mol. The summed E-state index contributed by atoms with van der Waals surface area (Å²) in [6.07, 6.45) is 19.0. The Morgan fingerprint density at radius 3 is 1.25 bits per heavy atom. The Morgan fingerprint density at radius 2 is 0.917 bits per heavy atom. The van der Waals surface area contributed by atoms with Crippen LogP contribution in [-0.2, 0) is 0 Å². The molecule has 0 saturated heterocycles. The zero-order valence-electron chi connectivity index (χ0n) is 17.8. The van der Waals surface area contributed by atoms with Crippen LogP contribution in [0.2, 0.25) is 0 Å².